The molecule has 0 aliphatic carbocycles. The molecule has 1 saturated heterocycles. The number of aromatic nitrogens is 1. The van der Waals surface area contributed by atoms with Gasteiger partial charge in [0.2, 0.25) is 15.9 Å². The summed E-state index contributed by atoms with van der Waals surface area (Å²) in [6.45, 7) is 3.26. The molecule has 0 bridgehead atoms. The second-order valence-electron chi connectivity index (χ2n) is 8.48. The number of sulfonamides is 1. The minimum atomic E-state index is -3.52. The second-order valence-corrected chi connectivity index (χ2v) is 10.4. The lowest BCUT2D eigenvalue weighted by Crippen LogP contribution is -2.31. The quantitative estimate of drug-likeness (QED) is 0.595. The highest BCUT2D eigenvalue weighted by molar-refractivity contribution is 7.89. The Bertz CT molecular complexity index is 1310. The molecular weight excluding hydrogens is 438 g/mol. The molecule has 2 heterocycles. The fourth-order valence-electron chi connectivity index (χ4n) is 4.31. The van der Waals surface area contributed by atoms with Gasteiger partial charge in [-0.2, -0.15) is 4.31 Å². The monoisotopic (exact) mass is 467 g/mol. The molecule has 1 aliphatic heterocycles. The standard InChI is InChI=1S/C25H29N3O4S/c1-19-18-25(30)28(23-9-5-4-8-22(19)23)17-14-24(29)26-20-10-12-21(13-11-20)33(31,32)27-15-6-2-3-7-16-27/h4-5,8-13,18H,2-3,6-7,14-17H2,1H3,(H,26,29). The van der Waals surface area contributed by atoms with E-state index in [2.05, 4.69) is 5.32 Å². The Labute approximate surface area is 194 Å². The van der Waals surface area contributed by atoms with Crippen molar-refractivity contribution in [3.05, 3.63) is 70.5 Å². The maximum absolute atomic E-state index is 12.9. The van der Waals surface area contributed by atoms with Crippen molar-refractivity contribution >= 4 is 32.5 Å². The number of rotatable bonds is 6. The minimum Gasteiger partial charge on any atom is -0.326 e. The molecule has 3 aromatic rings. The minimum absolute atomic E-state index is 0.126. The van der Waals surface area contributed by atoms with Gasteiger partial charge in [0.25, 0.3) is 5.56 Å². The average molecular weight is 468 g/mol. The highest BCUT2D eigenvalue weighted by Gasteiger charge is 2.25. The molecule has 1 aromatic heterocycles. The molecule has 8 heteroatoms. The van der Waals surface area contributed by atoms with Crippen molar-refractivity contribution in [2.75, 3.05) is 18.4 Å². The number of aryl methyl sites for hydroxylation is 2. The number of anilines is 1. The molecule has 2 aromatic carbocycles. The van der Waals surface area contributed by atoms with Crippen molar-refractivity contribution in [3.63, 3.8) is 0 Å². The van der Waals surface area contributed by atoms with Gasteiger partial charge in [-0.3, -0.25) is 9.59 Å². The predicted octanol–water partition coefficient (Wildman–Crippen LogP) is 3.90. The van der Waals surface area contributed by atoms with Crippen molar-refractivity contribution < 1.29 is 13.2 Å². The van der Waals surface area contributed by atoms with Crippen LogP contribution in [0, 0.1) is 6.92 Å². The van der Waals surface area contributed by atoms with Crippen LogP contribution in [0.25, 0.3) is 10.9 Å². The molecule has 1 fully saturated rings. The maximum Gasteiger partial charge on any atom is 0.251 e. The van der Waals surface area contributed by atoms with Crippen molar-refractivity contribution in [2.24, 2.45) is 0 Å². The molecule has 1 N–H and O–H groups in total. The van der Waals surface area contributed by atoms with Gasteiger partial charge in [-0.05, 0) is 55.7 Å². The number of fused-ring (bicyclic) bond motifs is 1. The summed E-state index contributed by atoms with van der Waals surface area (Å²) >= 11 is 0. The number of hydrogen-bond donors (Lipinski definition) is 1. The molecule has 1 amide bonds. The summed E-state index contributed by atoms with van der Waals surface area (Å²) in [7, 11) is -3.52. The van der Waals surface area contributed by atoms with E-state index in [9.17, 15) is 18.0 Å². The number of para-hydroxylation sites is 1. The fraction of sp³-hybridized carbons (Fsp3) is 0.360. The van der Waals surface area contributed by atoms with Crippen LogP contribution in [0.3, 0.4) is 0 Å². The first-order valence-electron chi connectivity index (χ1n) is 11.4. The maximum atomic E-state index is 12.9. The van der Waals surface area contributed by atoms with E-state index in [1.165, 1.54) is 12.1 Å². The van der Waals surface area contributed by atoms with Gasteiger partial charge >= 0.3 is 0 Å². The third-order valence-electron chi connectivity index (χ3n) is 6.13. The van der Waals surface area contributed by atoms with Gasteiger partial charge in [0.15, 0.2) is 0 Å². The van der Waals surface area contributed by atoms with Crippen LogP contribution < -0.4 is 10.9 Å². The number of amides is 1. The molecule has 0 atom stereocenters. The van der Waals surface area contributed by atoms with E-state index in [-0.39, 0.29) is 29.3 Å². The first kappa shape index (κ1) is 23.2. The van der Waals surface area contributed by atoms with E-state index in [0.717, 1.165) is 42.1 Å². The van der Waals surface area contributed by atoms with Crippen LogP contribution in [0.15, 0.2) is 64.3 Å². The number of carbonyl (C=O) groups excluding carboxylic acids is 1. The van der Waals surface area contributed by atoms with Crippen LogP contribution in [0.4, 0.5) is 5.69 Å². The Balaban J connectivity index is 1.42. The summed E-state index contributed by atoms with van der Waals surface area (Å²) in [5.74, 6) is -0.241. The van der Waals surface area contributed by atoms with E-state index in [1.54, 1.807) is 27.1 Å². The fourth-order valence-corrected chi connectivity index (χ4v) is 5.83. The molecule has 0 unspecified atom stereocenters. The topological polar surface area (TPSA) is 88.5 Å². The van der Waals surface area contributed by atoms with Crippen molar-refractivity contribution in [2.45, 2.75) is 50.5 Å². The van der Waals surface area contributed by atoms with Gasteiger partial charge in [-0.15, -0.1) is 0 Å². The number of nitrogens with one attached hydrogen (secondary N) is 1. The van der Waals surface area contributed by atoms with E-state index in [4.69, 9.17) is 0 Å². The predicted molar refractivity (Wildman–Crippen MR) is 130 cm³/mol. The summed E-state index contributed by atoms with van der Waals surface area (Å²) in [5, 5.41) is 3.78. The Morgan fingerprint density at radius 2 is 1.64 bits per heavy atom. The van der Waals surface area contributed by atoms with Gasteiger partial charge in [-0.1, -0.05) is 31.0 Å². The van der Waals surface area contributed by atoms with Crippen LogP contribution in [0.2, 0.25) is 0 Å². The molecule has 0 saturated carbocycles. The number of hydrogen-bond acceptors (Lipinski definition) is 4. The first-order valence-corrected chi connectivity index (χ1v) is 12.8. The normalized spacial score (nSPS) is 15.3. The molecular formula is C25H29N3O4S. The molecule has 174 valence electrons. The molecule has 0 spiro atoms. The summed E-state index contributed by atoms with van der Waals surface area (Å²) in [6.07, 6.45) is 4.00. The number of pyridine rings is 1. The Morgan fingerprint density at radius 3 is 2.33 bits per heavy atom. The molecule has 0 radical (unpaired) electrons. The van der Waals surface area contributed by atoms with Gasteiger partial charge < -0.3 is 9.88 Å². The molecule has 1 aliphatic rings. The highest BCUT2D eigenvalue weighted by Crippen LogP contribution is 2.22. The van der Waals surface area contributed by atoms with Gasteiger partial charge in [0.1, 0.15) is 0 Å². The lowest BCUT2D eigenvalue weighted by atomic mass is 10.1. The van der Waals surface area contributed by atoms with Crippen molar-refractivity contribution in [1.29, 1.82) is 0 Å². The second kappa shape index (κ2) is 9.89. The van der Waals surface area contributed by atoms with Crippen molar-refractivity contribution in [3.8, 4) is 0 Å². The number of carbonyl (C=O) groups is 1. The number of benzene rings is 2. The van der Waals surface area contributed by atoms with E-state index in [1.807, 2.05) is 31.2 Å². The smallest absolute Gasteiger partial charge is 0.251 e. The number of nitrogens with zero attached hydrogens (tertiary/aromatic N) is 2. The van der Waals surface area contributed by atoms with Crippen LogP contribution in [-0.2, 0) is 21.4 Å². The Hall–Kier alpha value is -2.97. The third-order valence-corrected chi connectivity index (χ3v) is 8.04. The lowest BCUT2D eigenvalue weighted by Gasteiger charge is -2.20. The summed E-state index contributed by atoms with van der Waals surface area (Å²) in [6, 6.07) is 15.5. The van der Waals surface area contributed by atoms with Crippen LogP contribution >= 0.6 is 0 Å². The van der Waals surface area contributed by atoms with E-state index < -0.39 is 10.0 Å². The van der Waals surface area contributed by atoms with Crippen molar-refractivity contribution in [1.82, 2.24) is 8.87 Å². The van der Waals surface area contributed by atoms with Crippen LogP contribution in [0.5, 0.6) is 0 Å². The summed E-state index contributed by atoms with van der Waals surface area (Å²) < 4.78 is 29.0. The zero-order valence-electron chi connectivity index (χ0n) is 18.8. The molecule has 33 heavy (non-hydrogen) atoms. The first-order chi connectivity index (χ1) is 15.9. The zero-order chi connectivity index (χ0) is 23.4. The average Bonchev–Trinajstić information content (AvgIpc) is 3.10. The van der Waals surface area contributed by atoms with Gasteiger partial charge in [0.05, 0.1) is 10.4 Å². The summed E-state index contributed by atoms with van der Waals surface area (Å²) in [5.41, 5.74) is 2.10. The molecule has 4 rings (SSSR count). The van der Waals surface area contributed by atoms with Gasteiger partial charge in [-0.25, -0.2) is 8.42 Å². The lowest BCUT2D eigenvalue weighted by molar-refractivity contribution is -0.116. The van der Waals surface area contributed by atoms with E-state index >= 15 is 0 Å². The highest BCUT2D eigenvalue weighted by atomic mass is 32.2. The van der Waals surface area contributed by atoms with Crippen LogP contribution in [-0.4, -0.2) is 36.3 Å². The molecule has 7 nitrogen and oxygen atoms in total. The zero-order valence-corrected chi connectivity index (χ0v) is 19.6. The summed E-state index contributed by atoms with van der Waals surface area (Å²) in [4.78, 5) is 25.2. The van der Waals surface area contributed by atoms with Gasteiger partial charge in [0, 0.05) is 43.2 Å². The third kappa shape index (κ3) is 5.17. The Kier molecular flexibility index (Phi) is 6.95. The largest absolute Gasteiger partial charge is 0.326 e. The van der Waals surface area contributed by atoms with Crippen LogP contribution in [0.1, 0.15) is 37.7 Å². The van der Waals surface area contributed by atoms with E-state index in [0.29, 0.717) is 18.8 Å². The Morgan fingerprint density at radius 1 is 0.970 bits per heavy atom. The SMILES string of the molecule is Cc1cc(=O)n(CCC(=O)Nc2ccc(S(=O)(=O)N3CCCCCC3)cc2)c2ccccc12.